The third kappa shape index (κ3) is 4.34. The molecule has 1 aliphatic rings. The molecule has 0 spiro atoms. The normalized spacial score (nSPS) is 13.1. The number of carbonyl (C=O) groups excluding carboxylic acids is 1. The van der Waals surface area contributed by atoms with Crippen molar-refractivity contribution >= 4 is 34.0 Å². The van der Waals surface area contributed by atoms with Crippen LogP contribution in [0.3, 0.4) is 0 Å². The van der Waals surface area contributed by atoms with Gasteiger partial charge in [-0.15, -0.1) is 0 Å². The average molecular weight is 456 g/mol. The molecule has 34 heavy (non-hydrogen) atoms. The Bertz CT molecular complexity index is 1470. The van der Waals surface area contributed by atoms with E-state index in [1.165, 1.54) is 4.57 Å². The molecule has 2 aromatic carbocycles. The van der Waals surface area contributed by atoms with Gasteiger partial charge in [-0.2, -0.15) is 0 Å². The number of H-pyrrole nitrogens is 1. The number of aromatic nitrogens is 3. The zero-order valence-electron chi connectivity index (χ0n) is 18.8. The van der Waals surface area contributed by atoms with Gasteiger partial charge in [-0.05, 0) is 61.7 Å². The van der Waals surface area contributed by atoms with Gasteiger partial charge in [0.2, 0.25) is 0 Å². The van der Waals surface area contributed by atoms with Crippen molar-refractivity contribution in [2.24, 2.45) is 0 Å². The highest BCUT2D eigenvalue weighted by molar-refractivity contribution is 6.12. The van der Waals surface area contributed by atoms with Crippen molar-refractivity contribution in [3.63, 3.8) is 0 Å². The Kier molecular flexibility index (Phi) is 5.71. The molecule has 0 saturated heterocycles. The van der Waals surface area contributed by atoms with Gasteiger partial charge in [0.05, 0.1) is 10.9 Å². The van der Waals surface area contributed by atoms with E-state index < -0.39 is 17.2 Å². The lowest BCUT2D eigenvalue weighted by Crippen LogP contribution is -2.32. The van der Waals surface area contributed by atoms with Gasteiger partial charge in [0.25, 0.3) is 11.5 Å². The lowest BCUT2D eigenvalue weighted by molar-refractivity contribution is 0.102. The van der Waals surface area contributed by atoms with Crippen molar-refractivity contribution in [1.29, 1.82) is 0 Å². The summed E-state index contributed by atoms with van der Waals surface area (Å²) in [6.45, 7) is 2.35. The maximum atomic E-state index is 13.3. The fourth-order valence-electron chi connectivity index (χ4n) is 4.02. The Morgan fingerprint density at radius 1 is 1.03 bits per heavy atom. The molecule has 2 heterocycles. The number of anilines is 3. The minimum absolute atomic E-state index is 0.136. The van der Waals surface area contributed by atoms with Crippen LogP contribution in [0.5, 0.6) is 0 Å². The van der Waals surface area contributed by atoms with Crippen molar-refractivity contribution in [2.75, 3.05) is 10.6 Å². The van der Waals surface area contributed by atoms with Gasteiger partial charge in [0, 0.05) is 35.2 Å². The molecule has 4 aromatic rings. The summed E-state index contributed by atoms with van der Waals surface area (Å²) < 4.78 is 1.45. The van der Waals surface area contributed by atoms with Crippen LogP contribution in [0.4, 0.5) is 17.1 Å². The first-order valence-electron chi connectivity index (χ1n) is 11.4. The van der Waals surface area contributed by atoms with Crippen LogP contribution in [0.25, 0.3) is 11.0 Å². The fraction of sp³-hybridized carbons (Fsp3) is 0.231. The fourth-order valence-corrected chi connectivity index (χ4v) is 4.02. The van der Waals surface area contributed by atoms with E-state index in [1.54, 1.807) is 18.2 Å². The Labute approximate surface area is 195 Å². The highest BCUT2D eigenvalue weighted by Gasteiger charge is 2.28. The Morgan fingerprint density at radius 2 is 1.71 bits per heavy atom. The van der Waals surface area contributed by atoms with E-state index in [1.807, 2.05) is 49.4 Å². The van der Waals surface area contributed by atoms with E-state index >= 15 is 0 Å². The van der Waals surface area contributed by atoms with E-state index in [4.69, 9.17) is 0 Å². The molecule has 0 unspecified atom stereocenters. The first kappa shape index (κ1) is 21.6. The SMILES string of the molecule is CCCn1c(=O)[nH]c(=O)c2c(C(=O)Nc3ccc(Nc4ccccc4)cc3)cc(C3CC3)nc21. The number of rotatable bonds is 7. The number of para-hydroxylation sites is 1. The van der Waals surface area contributed by atoms with Gasteiger partial charge in [0.15, 0.2) is 5.65 Å². The van der Waals surface area contributed by atoms with Crippen LogP contribution in [0.15, 0.2) is 70.3 Å². The van der Waals surface area contributed by atoms with Crippen molar-refractivity contribution in [2.45, 2.75) is 38.6 Å². The van der Waals surface area contributed by atoms with Crippen molar-refractivity contribution in [3.05, 3.63) is 92.8 Å². The number of pyridine rings is 1. The third-order valence-corrected chi connectivity index (χ3v) is 5.86. The molecule has 0 bridgehead atoms. The van der Waals surface area contributed by atoms with Gasteiger partial charge < -0.3 is 10.6 Å². The van der Waals surface area contributed by atoms with Gasteiger partial charge in [0.1, 0.15) is 0 Å². The molecule has 8 heteroatoms. The molecule has 172 valence electrons. The van der Waals surface area contributed by atoms with E-state index in [-0.39, 0.29) is 22.5 Å². The molecule has 1 fully saturated rings. The van der Waals surface area contributed by atoms with E-state index in [0.717, 1.165) is 29.9 Å². The Balaban J connectivity index is 1.48. The predicted octanol–water partition coefficient (Wildman–Crippen LogP) is 4.37. The summed E-state index contributed by atoms with van der Waals surface area (Å²) in [4.78, 5) is 45.5. The van der Waals surface area contributed by atoms with Gasteiger partial charge in [-0.1, -0.05) is 25.1 Å². The third-order valence-electron chi connectivity index (χ3n) is 5.86. The number of nitrogens with one attached hydrogen (secondary N) is 3. The van der Waals surface area contributed by atoms with Crippen molar-refractivity contribution in [1.82, 2.24) is 14.5 Å². The molecular weight excluding hydrogens is 430 g/mol. The standard InChI is InChI=1S/C26H25N5O3/c1-2-14-31-23-22(25(33)30-26(31)34)20(15-21(29-23)16-8-9-16)24(32)28-19-12-10-18(11-13-19)27-17-6-4-3-5-7-17/h3-7,10-13,15-16,27H,2,8-9,14H2,1H3,(H,28,32)(H,30,33,34). The molecule has 0 atom stereocenters. The summed E-state index contributed by atoms with van der Waals surface area (Å²) >= 11 is 0. The van der Waals surface area contributed by atoms with Gasteiger partial charge in [-0.3, -0.25) is 19.1 Å². The highest BCUT2D eigenvalue weighted by atomic mass is 16.2. The van der Waals surface area contributed by atoms with Crippen molar-refractivity contribution in [3.8, 4) is 0 Å². The van der Waals surface area contributed by atoms with Crippen LogP contribution in [0.1, 0.15) is 48.2 Å². The van der Waals surface area contributed by atoms with E-state index in [9.17, 15) is 14.4 Å². The molecule has 5 rings (SSSR count). The number of hydrogen-bond donors (Lipinski definition) is 3. The molecule has 2 aromatic heterocycles. The second-order valence-corrected chi connectivity index (χ2v) is 8.50. The van der Waals surface area contributed by atoms with Crippen LogP contribution in [0, 0.1) is 0 Å². The lowest BCUT2D eigenvalue weighted by Gasteiger charge is -2.13. The van der Waals surface area contributed by atoms with Crippen LogP contribution < -0.4 is 21.9 Å². The number of fused-ring (bicyclic) bond motifs is 1. The first-order chi connectivity index (χ1) is 16.5. The molecular formula is C26H25N5O3. The minimum Gasteiger partial charge on any atom is -0.356 e. The van der Waals surface area contributed by atoms with Crippen LogP contribution in [0.2, 0.25) is 0 Å². The number of benzene rings is 2. The predicted molar refractivity (Wildman–Crippen MR) is 133 cm³/mol. The Morgan fingerprint density at radius 3 is 2.38 bits per heavy atom. The molecule has 1 amide bonds. The zero-order valence-corrected chi connectivity index (χ0v) is 18.8. The molecule has 1 aliphatic carbocycles. The summed E-state index contributed by atoms with van der Waals surface area (Å²) in [7, 11) is 0. The topological polar surface area (TPSA) is 109 Å². The first-order valence-corrected chi connectivity index (χ1v) is 11.4. The summed E-state index contributed by atoms with van der Waals surface area (Å²) in [5, 5.41) is 6.32. The second-order valence-electron chi connectivity index (χ2n) is 8.50. The average Bonchev–Trinajstić information content (AvgIpc) is 3.68. The van der Waals surface area contributed by atoms with Crippen LogP contribution >= 0.6 is 0 Å². The maximum absolute atomic E-state index is 13.3. The van der Waals surface area contributed by atoms with Crippen LogP contribution in [-0.4, -0.2) is 20.4 Å². The number of aromatic amines is 1. The molecule has 3 N–H and O–H groups in total. The number of nitrogens with zero attached hydrogens (tertiary/aromatic N) is 2. The number of hydrogen-bond acceptors (Lipinski definition) is 5. The number of amides is 1. The summed E-state index contributed by atoms with van der Waals surface area (Å²) in [6, 6.07) is 18.8. The van der Waals surface area contributed by atoms with Crippen LogP contribution in [-0.2, 0) is 6.54 Å². The molecule has 8 nitrogen and oxygen atoms in total. The largest absolute Gasteiger partial charge is 0.356 e. The molecule has 1 saturated carbocycles. The quantitative estimate of drug-likeness (QED) is 0.383. The monoisotopic (exact) mass is 455 g/mol. The summed E-state index contributed by atoms with van der Waals surface area (Å²) in [6.07, 6.45) is 2.66. The number of carbonyl (C=O) groups is 1. The summed E-state index contributed by atoms with van der Waals surface area (Å²) in [5.41, 5.74) is 2.58. The molecule has 0 radical (unpaired) electrons. The smallest absolute Gasteiger partial charge is 0.329 e. The van der Waals surface area contributed by atoms with Gasteiger partial charge >= 0.3 is 5.69 Å². The maximum Gasteiger partial charge on any atom is 0.329 e. The number of aryl methyl sites for hydroxylation is 1. The second kappa shape index (κ2) is 8.97. The minimum atomic E-state index is -0.602. The van der Waals surface area contributed by atoms with Gasteiger partial charge in [-0.25, -0.2) is 9.78 Å². The van der Waals surface area contributed by atoms with Crippen molar-refractivity contribution < 1.29 is 4.79 Å². The van der Waals surface area contributed by atoms with E-state index in [0.29, 0.717) is 18.7 Å². The zero-order chi connectivity index (χ0) is 23.7. The van der Waals surface area contributed by atoms with E-state index in [2.05, 4.69) is 20.6 Å². The lowest BCUT2D eigenvalue weighted by atomic mass is 10.1. The molecule has 0 aliphatic heterocycles. The summed E-state index contributed by atoms with van der Waals surface area (Å²) in [5.74, 6) is -0.158. The highest BCUT2D eigenvalue weighted by Crippen LogP contribution is 2.40. The Hall–Kier alpha value is -4.20.